The summed E-state index contributed by atoms with van der Waals surface area (Å²) in [5.41, 5.74) is 5.81. The number of carbonyl (C=O) groups is 1. The first kappa shape index (κ1) is 17.0. The molecule has 3 N–H and O–H groups in total. The van der Waals surface area contributed by atoms with Crippen molar-refractivity contribution >= 4 is 6.03 Å². The van der Waals surface area contributed by atoms with Crippen molar-refractivity contribution in [3.05, 3.63) is 24.0 Å². The molecule has 2 amide bonds. The summed E-state index contributed by atoms with van der Waals surface area (Å²) in [7, 11) is 0. The largest absolute Gasteiger partial charge is 0.352 e. The van der Waals surface area contributed by atoms with Crippen molar-refractivity contribution in [2.75, 3.05) is 19.6 Å². The molecule has 2 aliphatic rings. The van der Waals surface area contributed by atoms with Crippen LogP contribution in [0.2, 0.25) is 0 Å². The molecule has 1 unspecified atom stereocenters. The number of rotatable bonds is 6. The average molecular weight is 332 g/mol. The van der Waals surface area contributed by atoms with Crippen LogP contribution < -0.4 is 11.1 Å². The van der Waals surface area contributed by atoms with Crippen LogP contribution in [0, 0.1) is 11.8 Å². The topological polar surface area (TPSA) is 89.1 Å². The number of carbonyl (C=O) groups excluding carboxylic acids is 1. The predicted octanol–water partition coefficient (Wildman–Crippen LogP) is 1.51. The fourth-order valence-corrected chi connectivity index (χ4v) is 3.69. The molecule has 1 aliphatic carbocycles. The van der Waals surface area contributed by atoms with Crippen LogP contribution in [0.3, 0.4) is 0 Å². The van der Waals surface area contributed by atoms with Crippen LogP contribution in [0.1, 0.15) is 37.8 Å². The van der Waals surface area contributed by atoms with E-state index in [-0.39, 0.29) is 0 Å². The number of hydrogen-bond donors (Lipinski definition) is 2. The first-order chi connectivity index (χ1) is 11.7. The number of nitrogens with one attached hydrogen (secondary N) is 1. The fourth-order valence-electron chi connectivity index (χ4n) is 3.69. The van der Waals surface area contributed by atoms with Gasteiger partial charge in [0.25, 0.3) is 0 Å². The molecule has 3 rings (SSSR count). The van der Waals surface area contributed by atoms with Crippen molar-refractivity contribution in [3.63, 3.8) is 0 Å². The molecule has 0 bridgehead atoms. The number of nitrogens with two attached hydrogens (primary N) is 1. The fraction of sp³-hybridized carbons (Fsp3) is 0.706. The lowest BCUT2D eigenvalue weighted by atomic mass is 9.91. The molecule has 7 nitrogen and oxygen atoms in total. The summed E-state index contributed by atoms with van der Waals surface area (Å²) in [6, 6.07) is -0.537. The minimum absolute atomic E-state index is 0.337. The maximum absolute atomic E-state index is 10.7. The van der Waals surface area contributed by atoms with Gasteiger partial charge in [-0.05, 0) is 57.0 Å². The number of amides is 2. The molecular formula is C17H28N6O. The van der Waals surface area contributed by atoms with E-state index >= 15 is 0 Å². The number of likely N-dealkylation sites (tertiary alicyclic amines) is 1. The van der Waals surface area contributed by atoms with Gasteiger partial charge in [0.15, 0.2) is 0 Å². The predicted molar refractivity (Wildman–Crippen MR) is 92.1 cm³/mol. The molecule has 132 valence electrons. The van der Waals surface area contributed by atoms with Crippen LogP contribution in [-0.2, 0) is 13.1 Å². The third-order valence-electron chi connectivity index (χ3n) is 5.08. The van der Waals surface area contributed by atoms with Crippen molar-refractivity contribution in [2.45, 2.75) is 45.2 Å². The Labute approximate surface area is 143 Å². The molecule has 0 aromatic carbocycles. The standard InChI is InChI=1S/C17H28N6O/c18-17(24)19-10-16-13-23(21-20-16)12-15-6-8-22(9-7-15)11-14-4-2-1-3-5-14/h1-2,13-15H,3-12H2,(H3,18,19,24). The zero-order valence-corrected chi connectivity index (χ0v) is 14.2. The summed E-state index contributed by atoms with van der Waals surface area (Å²) < 4.78 is 1.89. The third-order valence-corrected chi connectivity index (χ3v) is 5.08. The van der Waals surface area contributed by atoms with Crippen LogP contribution in [0.4, 0.5) is 4.79 Å². The molecule has 1 fully saturated rings. The second-order valence-electron chi connectivity index (χ2n) is 7.04. The first-order valence-electron chi connectivity index (χ1n) is 8.98. The van der Waals surface area contributed by atoms with Gasteiger partial charge in [-0.1, -0.05) is 17.4 Å². The maximum atomic E-state index is 10.7. The number of allylic oxidation sites excluding steroid dienone is 2. The Kier molecular flexibility index (Phi) is 5.85. The Bertz CT molecular complexity index is 561. The molecule has 1 aromatic rings. The second-order valence-corrected chi connectivity index (χ2v) is 7.04. The molecule has 2 heterocycles. The first-order valence-corrected chi connectivity index (χ1v) is 8.98. The summed E-state index contributed by atoms with van der Waals surface area (Å²) in [5, 5.41) is 10.8. The van der Waals surface area contributed by atoms with E-state index in [1.165, 1.54) is 51.7 Å². The minimum atomic E-state index is -0.537. The number of primary amides is 1. The van der Waals surface area contributed by atoms with E-state index in [1.807, 2.05) is 10.9 Å². The van der Waals surface area contributed by atoms with Crippen LogP contribution in [0.5, 0.6) is 0 Å². The molecule has 0 spiro atoms. The Morgan fingerprint density at radius 3 is 2.75 bits per heavy atom. The number of nitrogens with zero attached hydrogens (tertiary/aromatic N) is 4. The van der Waals surface area contributed by atoms with Crippen LogP contribution in [0.25, 0.3) is 0 Å². The van der Waals surface area contributed by atoms with Gasteiger partial charge in [-0.3, -0.25) is 4.68 Å². The van der Waals surface area contributed by atoms with E-state index in [9.17, 15) is 4.79 Å². The molecular weight excluding hydrogens is 304 g/mol. The zero-order chi connectivity index (χ0) is 16.8. The average Bonchev–Trinajstić information content (AvgIpc) is 3.03. The van der Waals surface area contributed by atoms with Crippen molar-refractivity contribution < 1.29 is 4.79 Å². The van der Waals surface area contributed by atoms with Gasteiger partial charge in [-0.2, -0.15) is 0 Å². The van der Waals surface area contributed by atoms with E-state index in [2.05, 4.69) is 32.7 Å². The number of hydrogen-bond acceptors (Lipinski definition) is 4. The minimum Gasteiger partial charge on any atom is -0.352 e. The van der Waals surface area contributed by atoms with Crippen LogP contribution in [0.15, 0.2) is 18.3 Å². The Morgan fingerprint density at radius 1 is 1.21 bits per heavy atom. The highest BCUT2D eigenvalue weighted by Gasteiger charge is 2.22. The van der Waals surface area contributed by atoms with E-state index in [0.717, 1.165) is 18.2 Å². The number of urea groups is 1. The van der Waals surface area contributed by atoms with Gasteiger partial charge in [-0.25, -0.2) is 4.79 Å². The molecule has 7 heteroatoms. The Hall–Kier alpha value is -1.89. The molecule has 0 saturated carbocycles. The van der Waals surface area contributed by atoms with E-state index in [1.54, 1.807) is 0 Å². The number of aromatic nitrogens is 3. The summed E-state index contributed by atoms with van der Waals surface area (Å²) in [6.07, 6.45) is 12.8. The SMILES string of the molecule is NC(=O)NCc1cn(CC2CCN(CC3CC=CCC3)CC2)nn1. The highest BCUT2D eigenvalue weighted by atomic mass is 16.2. The van der Waals surface area contributed by atoms with Crippen LogP contribution in [-0.4, -0.2) is 45.6 Å². The summed E-state index contributed by atoms with van der Waals surface area (Å²) in [5.74, 6) is 1.51. The van der Waals surface area contributed by atoms with Gasteiger partial charge < -0.3 is 16.0 Å². The van der Waals surface area contributed by atoms with E-state index in [4.69, 9.17) is 5.73 Å². The lowest BCUT2D eigenvalue weighted by Crippen LogP contribution is -2.38. The molecule has 1 saturated heterocycles. The Morgan fingerprint density at radius 2 is 2.04 bits per heavy atom. The highest BCUT2D eigenvalue weighted by Crippen LogP contribution is 2.23. The quantitative estimate of drug-likeness (QED) is 0.773. The van der Waals surface area contributed by atoms with Gasteiger partial charge in [0.05, 0.1) is 12.7 Å². The third kappa shape index (κ3) is 5.06. The Balaban J connectivity index is 1.39. The molecule has 0 radical (unpaired) electrons. The van der Waals surface area contributed by atoms with Gasteiger partial charge in [0.1, 0.15) is 5.69 Å². The summed E-state index contributed by atoms with van der Waals surface area (Å²) >= 11 is 0. The molecule has 1 aliphatic heterocycles. The highest BCUT2D eigenvalue weighted by molar-refractivity contribution is 5.71. The van der Waals surface area contributed by atoms with Gasteiger partial charge in [-0.15, -0.1) is 5.10 Å². The van der Waals surface area contributed by atoms with E-state index in [0.29, 0.717) is 12.5 Å². The van der Waals surface area contributed by atoms with Gasteiger partial charge >= 0.3 is 6.03 Å². The zero-order valence-electron chi connectivity index (χ0n) is 14.2. The maximum Gasteiger partial charge on any atom is 0.312 e. The molecule has 1 aromatic heterocycles. The van der Waals surface area contributed by atoms with Crippen molar-refractivity contribution in [2.24, 2.45) is 17.6 Å². The lowest BCUT2D eigenvalue weighted by Gasteiger charge is -2.34. The van der Waals surface area contributed by atoms with Gasteiger partial charge in [0, 0.05) is 13.1 Å². The second kappa shape index (κ2) is 8.28. The smallest absolute Gasteiger partial charge is 0.312 e. The number of piperidine rings is 1. The van der Waals surface area contributed by atoms with Crippen molar-refractivity contribution in [1.29, 1.82) is 0 Å². The molecule has 1 atom stereocenters. The summed E-state index contributed by atoms with van der Waals surface area (Å²) in [6.45, 7) is 4.88. The van der Waals surface area contributed by atoms with Gasteiger partial charge in [0.2, 0.25) is 0 Å². The van der Waals surface area contributed by atoms with E-state index < -0.39 is 6.03 Å². The molecule has 24 heavy (non-hydrogen) atoms. The lowest BCUT2D eigenvalue weighted by molar-refractivity contribution is 0.146. The van der Waals surface area contributed by atoms with Crippen molar-refractivity contribution in [1.82, 2.24) is 25.2 Å². The van der Waals surface area contributed by atoms with Crippen molar-refractivity contribution in [3.8, 4) is 0 Å². The van der Waals surface area contributed by atoms with Crippen LogP contribution >= 0.6 is 0 Å². The monoisotopic (exact) mass is 332 g/mol. The summed E-state index contributed by atoms with van der Waals surface area (Å²) in [4.78, 5) is 13.3. The normalized spacial score (nSPS) is 22.6.